The molecular weight excluding hydrogens is 239 g/mol. The molecule has 0 fully saturated rings. The number of rotatable bonds is 4. The summed E-state index contributed by atoms with van der Waals surface area (Å²) in [5.41, 5.74) is 2.03. The van der Waals surface area contributed by atoms with Crippen LogP contribution in [0, 0.1) is 0 Å². The summed E-state index contributed by atoms with van der Waals surface area (Å²) in [4.78, 5) is 14.3. The van der Waals surface area contributed by atoms with Crippen LogP contribution in [-0.2, 0) is 11.3 Å². The first kappa shape index (κ1) is 14.7. The molecule has 0 aliphatic rings. The van der Waals surface area contributed by atoms with Crippen molar-refractivity contribution in [3.63, 3.8) is 0 Å². The van der Waals surface area contributed by atoms with Crippen molar-refractivity contribution in [2.24, 2.45) is 0 Å². The Morgan fingerprint density at radius 1 is 1.39 bits per heavy atom. The molecule has 4 nitrogen and oxygen atoms in total. The zero-order valence-corrected chi connectivity index (χ0v) is 12.2. The Labute approximate surface area is 129 Å². The third-order valence-electron chi connectivity index (χ3n) is 2.32. The number of aromatic nitrogens is 2. The van der Waals surface area contributed by atoms with E-state index < -0.39 is 5.97 Å². The van der Waals surface area contributed by atoms with Gasteiger partial charge in [0.05, 0.1) is 6.33 Å². The number of benzene rings is 1. The smallest absolute Gasteiger partial charge is 1.00 e. The third kappa shape index (κ3) is 4.49. The van der Waals surface area contributed by atoms with Crippen LogP contribution < -0.4 is 29.6 Å². The molecule has 0 atom stereocenters. The molecule has 0 unspecified atom stereocenters. The maximum atomic E-state index is 10.4. The molecule has 5 heteroatoms. The van der Waals surface area contributed by atoms with Crippen molar-refractivity contribution in [1.82, 2.24) is 9.55 Å². The second-order valence-corrected chi connectivity index (χ2v) is 3.65. The summed E-state index contributed by atoms with van der Waals surface area (Å²) < 4.78 is 1.97. The average Bonchev–Trinajstić information content (AvgIpc) is 2.81. The van der Waals surface area contributed by atoms with Gasteiger partial charge in [0.15, 0.2) is 0 Å². The zero-order chi connectivity index (χ0) is 12.1. The van der Waals surface area contributed by atoms with Crippen LogP contribution in [0.5, 0.6) is 0 Å². The minimum Gasteiger partial charge on any atom is -1.00 e. The Kier molecular flexibility index (Phi) is 5.85. The number of carbonyl (C=O) groups is 1. The number of aliphatic carboxylic acids is 1. The number of hydrogen-bond acceptors (Lipinski definition) is 2. The Balaban J connectivity index is 0.00000162. The van der Waals surface area contributed by atoms with E-state index in [4.69, 9.17) is 5.11 Å². The average molecular weight is 252 g/mol. The van der Waals surface area contributed by atoms with Crippen LogP contribution in [0.25, 0.3) is 6.08 Å². The molecule has 2 aromatic rings. The van der Waals surface area contributed by atoms with Crippen LogP contribution in [-0.4, -0.2) is 20.6 Å². The van der Waals surface area contributed by atoms with Crippen LogP contribution >= 0.6 is 0 Å². The van der Waals surface area contributed by atoms with Crippen LogP contribution in [0.2, 0.25) is 0 Å². The maximum absolute atomic E-state index is 10.4. The normalized spacial score (nSPS) is 10.2. The summed E-state index contributed by atoms with van der Waals surface area (Å²) in [5.74, 6) is -0.938. The zero-order valence-electron chi connectivity index (χ0n) is 11.2. The van der Waals surface area contributed by atoms with Crippen molar-refractivity contribution in [2.45, 2.75) is 6.54 Å². The van der Waals surface area contributed by atoms with Crippen molar-refractivity contribution in [1.29, 1.82) is 0 Å². The fourth-order valence-corrected chi connectivity index (χ4v) is 1.49. The predicted octanol–water partition coefficient (Wildman–Crippen LogP) is -0.854. The topological polar surface area (TPSA) is 55.1 Å². The first-order chi connectivity index (χ1) is 8.24. The fourth-order valence-electron chi connectivity index (χ4n) is 1.49. The van der Waals surface area contributed by atoms with Crippen LogP contribution in [0.15, 0.2) is 49.1 Å². The molecule has 0 aliphatic carbocycles. The second kappa shape index (κ2) is 7.16. The van der Waals surface area contributed by atoms with Gasteiger partial charge in [-0.25, -0.2) is 9.78 Å². The summed E-state index contributed by atoms with van der Waals surface area (Å²) >= 11 is 0. The number of nitrogens with zero attached hydrogens (tertiary/aromatic N) is 2. The van der Waals surface area contributed by atoms with Crippen molar-refractivity contribution in [3.8, 4) is 0 Å². The molecule has 0 radical (unpaired) electrons. The van der Waals surface area contributed by atoms with Crippen LogP contribution in [0.3, 0.4) is 0 Å². The van der Waals surface area contributed by atoms with Gasteiger partial charge in [0, 0.05) is 25.0 Å². The van der Waals surface area contributed by atoms with Gasteiger partial charge >= 0.3 is 35.5 Å². The molecule has 0 amide bonds. The summed E-state index contributed by atoms with van der Waals surface area (Å²) in [6.07, 6.45) is 8.11. The Hall–Kier alpha value is -1.36. The van der Waals surface area contributed by atoms with E-state index in [-0.39, 0.29) is 31.0 Å². The summed E-state index contributed by atoms with van der Waals surface area (Å²) in [6.45, 7) is 0.767. The SMILES string of the molecule is O=C(O)/C=C/c1ccc(Cn2ccnc2)cc1.[H-].[Na+]. The van der Waals surface area contributed by atoms with Crippen LogP contribution in [0.4, 0.5) is 0 Å². The Morgan fingerprint density at radius 2 is 2.11 bits per heavy atom. The van der Waals surface area contributed by atoms with Gasteiger partial charge in [0.2, 0.25) is 0 Å². The van der Waals surface area contributed by atoms with E-state index in [9.17, 15) is 4.79 Å². The first-order valence-corrected chi connectivity index (χ1v) is 5.20. The van der Waals surface area contributed by atoms with Gasteiger partial charge < -0.3 is 11.1 Å². The van der Waals surface area contributed by atoms with Gasteiger partial charge in [-0.3, -0.25) is 0 Å². The third-order valence-corrected chi connectivity index (χ3v) is 2.32. The number of imidazole rings is 1. The van der Waals surface area contributed by atoms with E-state index in [1.54, 1.807) is 18.6 Å². The molecule has 1 N–H and O–H groups in total. The molecule has 1 heterocycles. The molecule has 0 saturated heterocycles. The molecular formula is C13H13N2NaO2. The van der Waals surface area contributed by atoms with Gasteiger partial charge in [-0.15, -0.1) is 0 Å². The number of carboxylic acids is 1. The summed E-state index contributed by atoms with van der Waals surface area (Å²) in [7, 11) is 0. The van der Waals surface area contributed by atoms with E-state index in [1.165, 1.54) is 0 Å². The van der Waals surface area contributed by atoms with Crippen molar-refractivity contribution in [2.75, 3.05) is 0 Å². The van der Waals surface area contributed by atoms with Crippen molar-refractivity contribution >= 4 is 12.0 Å². The molecule has 0 saturated carbocycles. The van der Waals surface area contributed by atoms with Crippen molar-refractivity contribution < 1.29 is 40.9 Å². The summed E-state index contributed by atoms with van der Waals surface area (Å²) in [6, 6.07) is 7.74. The molecule has 88 valence electrons. The maximum Gasteiger partial charge on any atom is 1.00 e. The Morgan fingerprint density at radius 3 is 2.67 bits per heavy atom. The monoisotopic (exact) mass is 252 g/mol. The van der Waals surface area contributed by atoms with Crippen LogP contribution in [0.1, 0.15) is 12.6 Å². The predicted molar refractivity (Wildman–Crippen MR) is 65.6 cm³/mol. The Bertz CT molecular complexity index is 524. The first-order valence-electron chi connectivity index (χ1n) is 5.20. The minimum atomic E-state index is -0.938. The van der Waals surface area contributed by atoms with Gasteiger partial charge in [-0.2, -0.15) is 0 Å². The molecule has 18 heavy (non-hydrogen) atoms. The van der Waals surface area contributed by atoms with E-state index in [0.717, 1.165) is 23.7 Å². The number of carboxylic acid groups (broad SMARTS) is 1. The molecule has 1 aromatic carbocycles. The van der Waals surface area contributed by atoms with E-state index in [1.807, 2.05) is 35.0 Å². The standard InChI is InChI=1S/C13H12N2O2.Na.H/c16-13(17)6-5-11-1-3-12(4-2-11)9-15-8-7-14-10-15;;/h1-8,10H,9H2,(H,16,17);;/q;+1;-1/b6-5+;;. The van der Waals surface area contributed by atoms with E-state index >= 15 is 0 Å². The van der Waals surface area contributed by atoms with Gasteiger partial charge in [-0.1, -0.05) is 24.3 Å². The molecule has 0 spiro atoms. The van der Waals surface area contributed by atoms with Crippen molar-refractivity contribution in [3.05, 3.63) is 60.2 Å². The fraction of sp³-hybridized carbons (Fsp3) is 0.0769. The molecule has 0 aliphatic heterocycles. The number of hydrogen-bond donors (Lipinski definition) is 1. The minimum absolute atomic E-state index is 0. The van der Waals surface area contributed by atoms with Gasteiger partial charge in [-0.05, 0) is 17.2 Å². The second-order valence-electron chi connectivity index (χ2n) is 3.65. The van der Waals surface area contributed by atoms with Gasteiger partial charge in [0.1, 0.15) is 0 Å². The summed E-state index contributed by atoms with van der Waals surface area (Å²) in [5, 5.41) is 8.50. The van der Waals surface area contributed by atoms with Gasteiger partial charge in [0.25, 0.3) is 0 Å². The van der Waals surface area contributed by atoms with E-state index in [0.29, 0.717) is 0 Å². The molecule has 2 rings (SSSR count). The largest absolute Gasteiger partial charge is 1.00 e. The molecule has 0 bridgehead atoms. The van der Waals surface area contributed by atoms with E-state index in [2.05, 4.69) is 4.98 Å². The quantitative estimate of drug-likeness (QED) is 0.569. The molecule has 1 aromatic heterocycles.